The Bertz CT molecular complexity index is 611. The van der Waals surface area contributed by atoms with Crippen LogP contribution in [0, 0.1) is 13.8 Å². The Balaban J connectivity index is 2.23. The van der Waals surface area contributed by atoms with Gasteiger partial charge in [0.05, 0.1) is 0 Å². The van der Waals surface area contributed by atoms with Crippen molar-refractivity contribution in [2.24, 2.45) is 5.73 Å². The highest BCUT2D eigenvalue weighted by atomic mass is 35.5. The molecule has 2 aromatic rings. The molecule has 1 aromatic heterocycles. The number of halogens is 1. The Hall–Kier alpha value is -1.58. The van der Waals surface area contributed by atoms with E-state index >= 15 is 0 Å². The standard InChI is InChI=1S/C16H19ClN2O/c1-10-4-5-14(17)8-15(10)20-16-11(2)6-13(9-19-16)7-12(3)18/h4-6,8-9,12H,7,18H2,1-3H3. The highest BCUT2D eigenvalue weighted by molar-refractivity contribution is 6.30. The first-order valence-corrected chi connectivity index (χ1v) is 6.98. The molecular formula is C16H19ClN2O. The lowest BCUT2D eigenvalue weighted by atomic mass is 10.1. The van der Waals surface area contributed by atoms with Crippen molar-refractivity contribution in [3.8, 4) is 11.6 Å². The van der Waals surface area contributed by atoms with Gasteiger partial charge in [0.25, 0.3) is 0 Å². The number of pyridine rings is 1. The van der Waals surface area contributed by atoms with Gasteiger partial charge in [-0.25, -0.2) is 4.98 Å². The monoisotopic (exact) mass is 290 g/mol. The van der Waals surface area contributed by atoms with E-state index < -0.39 is 0 Å². The van der Waals surface area contributed by atoms with Crippen LogP contribution < -0.4 is 10.5 Å². The normalized spacial score (nSPS) is 12.2. The summed E-state index contributed by atoms with van der Waals surface area (Å²) in [5.41, 5.74) is 8.93. The first kappa shape index (κ1) is 14.8. The van der Waals surface area contributed by atoms with Crippen LogP contribution >= 0.6 is 11.6 Å². The van der Waals surface area contributed by atoms with Crippen molar-refractivity contribution >= 4 is 11.6 Å². The van der Waals surface area contributed by atoms with Crippen molar-refractivity contribution in [2.45, 2.75) is 33.2 Å². The number of aryl methyl sites for hydroxylation is 2. The molecule has 2 rings (SSSR count). The molecule has 1 aromatic carbocycles. The van der Waals surface area contributed by atoms with Gasteiger partial charge in [-0.3, -0.25) is 0 Å². The number of ether oxygens (including phenoxy) is 1. The molecule has 0 fully saturated rings. The third kappa shape index (κ3) is 3.71. The second-order valence-corrected chi connectivity index (χ2v) is 5.60. The zero-order chi connectivity index (χ0) is 14.7. The predicted molar refractivity (Wildman–Crippen MR) is 82.6 cm³/mol. The molecule has 0 aliphatic carbocycles. The average Bonchev–Trinajstić information content (AvgIpc) is 2.36. The number of rotatable bonds is 4. The molecule has 0 amide bonds. The summed E-state index contributed by atoms with van der Waals surface area (Å²) in [4.78, 5) is 4.38. The zero-order valence-electron chi connectivity index (χ0n) is 12.0. The first-order chi connectivity index (χ1) is 9.45. The lowest BCUT2D eigenvalue weighted by molar-refractivity contribution is 0.455. The Morgan fingerprint density at radius 2 is 2.00 bits per heavy atom. The number of nitrogens with zero attached hydrogens (tertiary/aromatic N) is 1. The molecule has 1 atom stereocenters. The van der Waals surface area contributed by atoms with E-state index in [1.165, 1.54) is 0 Å². The second kappa shape index (κ2) is 6.25. The SMILES string of the molecule is Cc1ccc(Cl)cc1Oc1ncc(CC(C)N)cc1C. The van der Waals surface area contributed by atoms with Crippen LogP contribution in [0.1, 0.15) is 23.6 Å². The topological polar surface area (TPSA) is 48.1 Å². The molecule has 20 heavy (non-hydrogen) atoms. The maximum absolute atomic E-state index is 5.99. The number of nitrogens with two attached hydrogens (primary N) is 1. The molecule has 0 bridgehead atoms. The highest BCUT2D eigenvalue weighted by Gasteiger charge is 2.08. The summed E-state index contributed by atoms with van der Waals surface area (Å²) in [7, 11) is 0. The maximum atomic E-state index is 5.99. The van der Waals surface area contributed by atoms with Crippen molar-refractivity contribution in [2.75, 3.05) is 0 Å². The number of benzene rings is 1. The summed E-state index contributed by atoms with van der Waals surface area (Å²) in [6, 6.07) is 7.75. The minimum atomic E-state index is 0.123. The summed E-state index contributed by atoms with van der Waals surface area (Å²) in [6.45, 7) is 5.94. The van der Waals surface area contributed by atoms with Crippen molar-refractivity contribution in [3.63, 3.8) is 0 Å². The Morgan fingerprint density at radius 3 is 2.65 bits per heavy atom. The molecule has 1 unspecified atom stereocenters. The zero-order valence-corrected chi connectivity index (χ0v) is 12.7. The lowest BCUT2D eigenvalue weighted by Gasteiger charge is -2.12. The van der Waals surface area contributed by atoms with E-state index in [4.69, 9.17) is 22.1 Å². The van der Waals surface area contributed by atoms with Crippen LogP contribution in [0.4, 0.5) is 0 Å². The minimum Gasteiger partial charge on any atom is -0.438 e. The average molecular weight is 291 g/mol. The van der Waals surface area contributed by atoms with Gasteiger partial charge < -0.3 is 10.5 Å². The fraction of sp³-hybridized carbons (Fsp3) is 0.312. The molecule has 0 aliphatic heterocycles. The van der Waals surface area contributed by atoms with E-state index in [1.54, 1.807) is 6.07 Å². The molecule has 0 saturated heterocycles. The summed E-state index contributed by atoms with van der Waals surface area (Å²) in [5, 5.41) is 0.650. The third-order valence-electron chi connectivity index (χ3n) is 3.00. The largest absolute Gasteiger partial charge is 0.438 e. The van der Waals surface area contributed by atoms with E-state index in [1.807, 2.05) is 39.1 Å². The fourth-order valence-corrected chi connectivity index (χ4v) is 2.16. The summed E-state index contributed by atoms with van der Waals surface area (Å²) in [6.07, 6.45) is 2.62. The van der Waals surface area contributed by atoms with Crippen LogP contribution in [0.5, 0.6) is 11.6 Å². The van der Waals surface area contributed by atoms with E-state index in [-0.39, 0.29) is 6.04 Å². The maximum Gasteiger partial charge on any atom is 0.222 e. The van der Waals surface area contributed by atoms with Crippen LogP contribution in [-0.4, -0.2) is 11.0 Å². The summed E-state index contributed by atoms with van der Waals surface area (Å²) < 4.78 is 5.85. The molecular weight excluding hydrogens is 272 g/mol. The van der Waals surface area contributed by atoms with Gasteiger partial charge in [-0.2, -0.15) is 0 Å². The number of aromatic nitrogens is 1. The van der Waals surface area contributed by atoms with Crippen molar-refractivity contribution < 1.29 is 4.74 Å². The van der Waals surface area contributed by atoms with Crippen LogP contribution in [0.25, 0.3) is 0 Å². The molecule has 0 saturated carbocycles. The van der Waals surface area contributed by atoms with Gasteiger partial charge in [0.15, 0.2) is 0 Å². The molecule has 106 valence electrons. The van der Waals surface area contributed by atoms with Crippen molar-refractivity contribution in [3.05, 3.63) is 52.2 Å². The Labute approximate surface area is 124 Å². The molecule has 0 radical (unpaired) electrons. The molecule has 0 aliphatic rings. The smallest absolute Gasteiger partial charge is 0.222 e. The van der Waals surface area contributed by atoms with Crippen LogP contribution in [0.2, 0.25) is 5.02 Å². The molecule has 0 spiro atoms. The van der Waals surface area contributed by atoms with Gasteiger partial charge >= 0.3 is 0 Å². The van der Waals surface area contributed by atoms with Crippen LogP contribution in [-0.2, 0) is 6.42 Å². The van der Waals surface area contributed by atoms with E-state index in [0.717, 1.165) is 28.9 Å². The van der Waals surface area contributed by atoms with Crippen molar-refractivity contribution in [1.29, 1.82) is 0 Å². The fourth-order valence-electron chi connectivity index (χ4n) is 2.00. The summed E-state index contributed by atoms with van der Waals surface area (Å²) in [5.74, 6) is 1.33. The third-order valence-corrected chi connectivity index (χ3v) is 3.24. The second-order valence-electron chi connectivity index (χ2n) is 5.16. The minimum absolute atomic E-state index is 0.123. The Kier molecular flexibility index (Phi) is 4.63. The van der Waals surface area contributed by atoms with Gasteiger partial charge in [-0.1, -0.05) is 17.7 Å². The predicted octanol–water partition coefficient (Wildman–Crippen LogP) is 4.03. The Morgan fingerprint density at radius 1 is 1.25 bits per heavy atom. The van der Waals surface area contributed by atoms with E-state index in [0.29, 0.717) is 10.9 Å². The number of hydrogen-bond donors (Lipinski definition) is 1. The van der Waals surface area contributed by atoms with E-state index in [2.05, 4.69) is 11.1 Å². The summed E-state index contributed by atoms with van der Waals surface area (Å²) >= 11 is 5.99. The van der Waals surface area contributed by atoms with Gasteiger partial charge in [0.1, 0.15) is 5.75 Å². The van der Waals surface area contributed by atoms with Gasteiger partial charge in [0.2, 0.25) is 5.88 Å². The van der Waals surface area contributed by atoms with Gasteiger partial charge in [0, 0.05) is 22.8 Å². The molecule has 1 heterocycles. The van der Waals surface area contributed by atoms with Crippen LogP contribution in [0.3, 0.4) is 0 Å². The lowest BCUT2D eigenvalue weighted by Crippen LogP contribution is -2.17. The molecule has 2 N–H and O–H groups in total. The first-order valence-electron chi connectivity index (χ1n) is 6.61. The van der Waals surface area contributed by atoms with Gasteiger partial charge in [-0.15, -0.1) is 0 Å². The highest BCUT2D eigenvalue weighted by Crippen LogP contribution is 2.28. The number of hydrogen-bond acceptors (Lipinski definition) is 3. The molecule has 3 nitrogen and oxygen atoms in total. The van der Waals surface area contributed by atoms with Crippen molar-refractivity contribution in [1.82, 2.24) is 4.98 Å². The molecule has 4 heteroatoms. The van der Waals surface area contributed by atoms with E-state index in [9.17, 15) is 0 Å². The quantitative estimate of drug-likeness (QED) is 0.924. The van der Waals surface area contributed by atoms with Gasteiger partial charge in [-0.05, 0) is 56.5 Å². The van der Waals surface area contributed by atoms with Crippen LogP contribution in [0.15, 0.2) is 30.5 Å².